The summed E-state index contributed by atoms with van der Waals surface area (Å²) in [6, 6.07) is 5.39. The lowest BCUT2D eigenvalue weighted by atomic mass is 10.1. The molecule has 0 aliphatic heterocycles. The number of ether oxygens (including phenoxy) is 2. The van der Waals surface area contributed by atoms with E-state index in [0.29, 0.717) is 39.0 Å². The second-order valence-electron chi connectivity index (χ2n) is 4.75. The molecule has 2 aromatic rings. The van der Waals surface area contributed by atoms with Crippen LogP contribution >= 0.6 is 27.7 Å². The summed E-state index contributed by atoms with van der Waals surface area (Å²) in [5, 5.41) is 9.75. The van der Waals surface area contributed by atoms with Gasteiger partial charge in [-0.3, -0.25) is 4.79 Å². The molecular weight excluding hydrogens is 394 g/mol. The summed E-state index contributed by atoms with van der Waals surface area (Å²) in [4.78, 5) is 19.0. The summed E-state index contributed by atoms with van der Waals surface area (Å²) in [7, 11) is 1.54. The molecular formula is C16H16BrN3O3S. The zero-order valence-corrected chi connectivity index (χ0v) is 15.9. The van der Waals surface area contributed by atoms with Gasteiger partial charge in [0.05, 0.1) is 23.9 Å². The van der Waals surface area contributed by atoms with Crippen LogP contribution in [0.5, 0.6) is 11.5 Å². The molecule has 1 heterocycles. The van der Waals surface area contributed by atoms with Gasteiger partial charge in [-0.05, 0) is 40.7 Å². The first-order valence-electron chi connectivity index (χ1n) is 7.14. The Hall–Kier alpha value is -1.98. The number of nitriles is 1. The molecule has 2 rings (SSSR count). The highest BCUT2D eigenvalue weighted by atomic mass is 79.9. The van der Waals surface area contributed by atoms with Gasteiger partial charge in [0.1, 0.15) is 11.6 Å². The quantitative estimate of drug-likeness (QED) is 0.579. The van der Waals surface area contributed by atoms with E-state index in [-0.39, 0.29) is 5.56 Å². The number of methoxy groups -OCH3 is 1. The normalized spacial score (nSPS) is 10.3. The fourth-order valence-electron chi connectivity index (χ4n) is 2.06. The van der Waals surface area contributed by atoms with Crippen molar-refractivity contribution >= 4 is 27.7 Å². The largest absolute Gasteiger partial charge is 0.493 e. The molecule has 0 saturated heterocycles. The first-order chi connectivity index (χ1) is 11.5. The van der Waals surface area contributed by atoms with Gasteiger partial charge in [-0.25, -0.2) is 4.98 Å². The molecule has 126 valence electrons. The Labute approximate surface area is 152 Å². The highest BCUT2D eigenvalue weighted by Crippen LogP contribution is 2.39. The number of thioether (sulfide) groups is 1. The molecule has 0 amide bonds. The Kier molecular flexibility index (Phi) is 6.29. The van der Waals surface area contributed by atoms with Crippen LogP contribution in [0.3, 0.4) is 0 Å². The van der Waals surface area contributed by atoms with Gasteiger partial charge in [0.2, 0.25) is 0 Å². The van der Waals surface area contributed by atoms with Gasteiger partial charge in [0.25, 0.3) is 5.56 Å². The van der Waals surface area contributed by atoms with E-state index in [0.717, 1.165) is 6.42 Å². The molecule has 0 bridgehead atoms. The Morgan fingerprint density at radius 3 is 2.79 bits per heavy atom. The highest BCUT2D eigenvalue weighted by Gasteiger charge is 2.18. The van der Waals surface area contributed by atoms with Crippen molar-refractivity contribution in [2.24, 2.45) is 0 Å². The van der Waals surface area contributed by atoms with E-state index in [1.54, 1.807) is 18.4 Å². The van der Waals surface area contributed by atoms with Crippen LogP contribution in [0.25, 0.3) is 11.3 Å². The summed E-state index contributed by atoms with van der Waals surface area (Å²) >= 11 is 4.76. The zero-order valence-electron chi connectivity index (χ0n) is 13.5. The third-order valence-electron chi connectivity index (χ3n) is 3.16. The maximum Gasteiger partial charge on any atom is 0.270 e. The summed E-state index contributed by atoms with van der Waals surface area (Å²) in [5.74, 6) is 1.08. The topological polar surface area (TPSA) is 88.0 Å². The van der Waals surface area contributed by atoms with Crippen molar-refractivity contribution in [1.82, 2.24) is 9.97 Å². The van der Waals surface area contributed by atoms with Crippen LogP contribution in [0, 0.1) is 11.3 Å². The summed E-state index contributed by atoms with van der Waals surface area (Å²) in [5.41, 5.74) is 0.407. The number of halogens is 1. The lowest BCUT2D eigenvalue weighted by Crippen LogP contribution is -2.14. The van der Waals surface area contributed by atoms with Gasteiger partial charge < -0.3 is 14.5 Å². The Bertz CT molecular complexity index is 846. The van der Waals surface area contributed by atoms with Crippen molar-refractivity contribution in [2.45, 2.75) is 18.5 Å². The fourth-order valence-corrected chi connectivity index (χ4v) is 3.00. The first kappa shape index (κ1) is 18.4. The molecule has 6 nitrogen and oxygen atoms in total. The summed E-state index contributed by atoms with van der Waals surface area (Å²) in [6.45, 7) is 2.57. The number of nitrogens with one attached hydrogen (secondary N) is 1. The number of rotatable bonds is 6. The molecule has 0 fully saturated rings. The second kappa shape index (κ2) is 8.22. The van der Waals surface area contributed by atoms with Crippen LogP contribution in [0.2, 0.25) is 0 Å². The maximum absolute atomic E-state index is 12.1. The minimum Gasteiger partial charge on any atom is -0.493 e. The molecule has 0 aliphatic rings. The van der Waals surface area contributed by atoms with Crippen molar-refractivity contribution in [2.75, 3.05) is 20.0 Å². The van der Waals surface area contributed by atoms with E-state index in [2.05, 4.69) is 25.9 Å². The van der Waals surface area contributed by atoms with E-state index in [4.69, 9.17) is 9.47 Å². The molecule has 0 spiro atoms. The third kappa shape index (κ3) is 3.74. The van der Waals surface area contributed by atoms with Crippen molar-refractivity contribution < 1.29 is 9.47 Å². The molecule has 8 heteroatoms. The average Bonchev–Trinajstić information content (AvgIpc) is 2.59. The van der Waals surface area contributed by atoms with Gasteiger partial charge in [0, 0.05) is 5.56 Å². The van der Waals surface area contributed by atoms with Crippen LogP contribution in [-0.2, 0) is 0 Å². The minimum absolute atomic E-state index is 0.0380. The number of aromatic nitrogens is 2. The van der Waals surface area contributed by atoms with E-state index in [1.165, 1.54) is 18.9 Å². The molecule has 1 N–H and O–H groups in total. The number of hydrogen-bond acceptors (Lipinski definition) is 6. The monoisotopic (exact) mass is 409 g/mol. The predicted molar refractivity (Wildman–Crippen MR) is 96.8 cm³/mol. The molecule has 0 radical (unpaired) electrons. The summed E-state index contributed by atoms with van der Waals surface area (Å²) in [6.07, 6.45) is 2.66. The number of H-pyrrole nitrogens is 1. The SMILES string of the molecule is CCCOc1c(Br)cc(-c2nc(SC)[nH]c(=O)c2C#N)cc1OC. The smallest absolute Gasteiger partial charge is 0.270 e. The van der Waals surface area contributed by atoms with Gasteiger partial charge in [-0.15, -0.1) is 0 Å². The first-order valence-corrected chi connectivity index (χ1v) is 9.16. The highest BCUT2D eigenvalue weighted by molar-refractivity contribution is 9.10. The van der Waals surface area contributed by atoms with Crippen LogP contribution in [0.1, 0.15) is 18.9 Å². The fraction of sp³-hybridized carbons (Fsp3) is 0.312. The number of hydrogen-bond donors (Lipinski definition) is 1. The zero-order chi connectivity index (χ0) is 17.7. The average molecular weight is 410 g/mol. The lowest BCUT2D eigenvalue weighted by Gasteiger charge is -2.14. The number of nitrogens with zero attached hydrogens (tertiary/aromatic N) is 2. The number of benzene rings is 1. The van der Waals surface area contributed by atoms with Gasteiger partial charge in [-0.1, -0.05) is 18.7 Å². The predicted octanol–water partition coefficient (Wildman–Crippen LogP) is 3.59. The van der Waals surface area contributed by atoms with E-state index in [1.807, 2.05) is 13.0 Å². The Balaban J connectivity index is 2.66. The maximum atomic E-state index is 12.1. The van der Waals surface area contributed by atoms with Gasteiger partial charge >= 0.3 is 0 Å². The molecule has 1 aromatic carbocycles. The minimum atomic E-state index is -0.465. The van der Waals surface area contributed by atoms with Crippen molar-refractivity contribution in [3.63, 3.8) is 0 Å². The Morgan fingerprint density at radius 2 is 2.21 bits per heavy atom. The Morgan fingerprint density at radius 1 is 1.46 bits per heavy atom. The van der Waals surface area contributed by atoms with Crippen LogP contribution in [0.4, 0.5) is 0 Å². The molecule has 0 atom stereocenters. The molecule has 1 aromatic heterocycles. The standard InChI is InChI=1S/C16H16BrN3O3S/c1-4-5-23-14-11(17)6-9(7-12(14)22-2)13-10(8-18)15(21)20-16(19-13)24-3/h6-7H,4-5H2,1-3H3,(H,19,20,21). The van der Waals surface area contributed by atoms with Crippen molar-refractivity contribution in [3.05, 3.63) is 32.5 Å². The number of aromatic amines is 1. The van der Waals surface area contributed by atoms with E-state index >= 15 is 0 Å². The van der Waals surface area contributed by atoms with E-state index in [9.17, 15) is 10.1 Å². The van der Waals surface area contributed by atoms with Crippen molar-refractivity contribution in [1.29, 1.82) is 5.26 Å². The van der Waals surface area contributed by atoms with Crippen LogP contribution < -0.4 is 15.0 Å². The van der Waals surface area contributed by atoms with Crippen molar-refractivity contribution in [3.8, 4) is 28.8 Å². The molecule has 0 unspecified atom stereocenters. The van der Waals surface area contributed by atoms with Gasteiger partial charge in [-0.2, -0.15) is 5.26 Å². The molecule has 0 aliphatic carbocycles. The van der Waals surface area contributed by atoms with E-state index < -0.39 is 5.56 Å². The molecule has 0 saturated carbocycles. The lowest BCUT2D eigenvalue weighted by molar-refractivity contribution is 0.292. The molecule has 24 heavy (non-hydrogen) atoms. The van der Waals surface area contributed by atoms with Gasteiger partial charge in [0.15, 0.2) is 16.7 Å². The second-order valence-corrected chi connectivity index (χ2v) is 6.40. The van der Waals surface area contributed by atoms with Crippen LogP contribution in [0.15, 0.2) is 26.6 Å². The van der Waals surface area contributed by atoms with Crippen LogP contribution in [-0.4, -0.2) is 29.9 Å². The summed E-state index contributed by atoms with van der Waals surface area (Å²) < 4.78 is 11.8. The third-order valence-corrected chi connectivity index (χ3v) is 4.33.